The number of nitrogens with one attached hydrogen (secondary N) is 2. The predicted octanol–water partition coefficient (Wildman–Crippen LogP) is 7.06. The topological polar surface area (TPSA) is 73.9 Å². The molecule has 196 valence electrons. The van der Waals surface area contributed by atoms with Crippen LogP contribution < -0.4 is 10.5 Å². The zero-order valence-corrected chi connectivity index (χ0v) is 23.3. The Morgan fingerprint density at radius 1 is 0.825 bits per heavy atom. The molecule has 6 aromatic rings. The smallest absolute Gasteiger partial charge is 0.280 e. The van der Waals surface area contributed by atoms with Crippen LogP contribution in [-0.4, -0.2) is 20.7 Å². The summed E-state index contributed by atoms with van der Waals surface area (Å²) in [7, 11) is 0. The first-order valence-electron chi connectivity index (χ1n) is 13.1. The van der Waals surface area contributed by atoms with Gasteiger partial charge in [-0.15, -0.1) is 0 Å². The second-order valence-electron chi connectivity index (χ2n) is 10.1. The van der Waals surface area contributed by atoms with Gasteiger partial charge in [-0.1, -0.05) is 78.9 Å². The fourth-order valence-electron chi connectivity index (χ4n) is 5.89. The van der Waals surface area contributed by atoms with E-state index >= 15 is 0 Å². The van der Waals surface area contributed by atoms with Crippen molar-refractivity contribution in [3.8, 4) is 16.9 Å². The molecule has 3 heterocycles. The van der Waals surface area contributed by atoms with E-state index in [1.54, 1.807) is 4.68 Å². The van der Waals surface area contributed by atoms with Gasteiger partial charge in [0.25, 0.3) is 5.56 Å². The fourth-order valence-corrected chi connectivity index (χ4v) is 6.36. The molecule has 2 N–H and O–H groups in total. The van der Waals surface area contributed by atoms with Crippen LogP contribution in [0.1, 0.15) is 28.3 Å². The van der Waals surface area contributed by atoms with E-state index in [1.165, 1.54) is 0 Å². The first-order valence-corrected chi connectivity index (χ1v) is 13.9. The summed E-state index contributed by atoms with van der Waals surface area (Å²) in [5.74, 6) is -0.583. The molecule has 0 spiro atoms. The normalized spacial score (nSPS) is 14.7. The standard InChI is InChI=1S/C33H25BrN4O2/c1-20-27(33(40)38(36-20)22-13-6-3-7-14-22)31-28(24-16-10-17-25(34)30(24)35-31)29-23-15-8-9-18-26(23)37(32(29)39)19-21-11-4-2-5-12-21/h2-18,29,35-36H,19H2,1H3. The van der Waals surface area contributed by atoms with Gasteiger partial charge in [0.1, 0.15) is 0 Å². The maximum absolute atomic E-state index is 14.4. The van der Waals surface area contributed by atoms with Crippen molar-refractivity contribution in [1.29, 1.82) is 0 Å². The zero-order valence-electron chi connectivity index (χ0n) is 21.7. The Kier molecular flexibility index (Phi) is 5.82. The van der Waals surface area contributed by atoms with E-state index in [1.807, 2.05) is 115 Å². The largest absolute Gasteiger partial charge is 0.353 e. The van der Waals surface area contributed by atoms with Gasteiger partial charge in [0, 0.05) is 26.8 Å². The second kappa shape index (κ2) is 9.54. The predicted molar refractivity (Wildman–Crippen MR) is 162 cm³/mol. The summed E-state index contributed by atoms with van der Waals surface area (Å²) >= 11 is 3.69. The summed E-state index contributed by atoms with van der Waals surface area (Å²) < 4.78 is 2.43. The first-order chi connectivity index (χ1) is 19.5. The van der Waals surface area contributed by atoms with Gasteiger partial charge in [-0.25, -0.2) is 4.68 Å². The molecule has 0 radical (unpaired) electrons. The monoisotopic (exact) mass is 588 g/mol. The lowest BCUT2D eigenvalue weighted by atomic mass is 9.88. The molecule has 2 aromatic heterocycles. The molecule has 1 atom stereocenters. The van der Waals surface area contributed by atoms with E-state index in [2.05, 4.69) is 26.0 Å². The summed E-state index contributed by atoms with van der Waals surface area (Å²) in [5, 5.41) is 4.16. The van der Waals surface area contributed by atoms with Crippen LogP contribution in [0.2, 0.25) is 0 Å². The number of aromatic amines is 2. The number of benzene rings is 4. The average molecular weight is 589 g/mol. The fraction of sp³-hybridized carbons (Fsp3) is 0.0909. The van der Waals surface area contributed by atoms with Crippen molar-refractivity contribution < 1.29 is 4.79 Å². The highest BCUT2D eigenvalue weighted by Gasteiger charge is 2.41. The number of nitrogens with zero attached hydrogens (tertiary/aromatic N) is 2. The highest BCUT2D eigenvalue weighted by Crippen LogP contribution is 2.47. The Hall–Kier alpha value is -4.62. The number of H-pyrrole nitrogens is 2. The van der Waals surface area contributed by atoms with Crippen LogP contribution in [0.3, 0.4) is 0 Å². The Bertz CT molecular complexity index is 1950. The molecular weight excluding hydrogens is 564 g/mol. The molecule has 1 aliphatic heterocycles. The number of amides is 1. The third-order valence-electron chi connectivity index (χ3n) is 7.68. The van der Waals surface area contributed by atoms with Gasteiger partial charge in [0.15, 0.2) is 0 Å². The van der Waals surface area contributed by atoms with Gasteiger partial charge in [-0.05, 0) is 58.2 Å². The summed E-state index contributed by atoms with van der Waals surface area (Å²) in [6.45, 7) is 2.37. The van der Waals surface area contributed by atoms with E-state index in [0.29, 0.717) is 17.8 Å². The molecule has 7 rings (SSSR count). The molecule has 0 saturated carbocycles. The van der Waals surface area contributed by atoms with Crippen LogP contribution in [0.4, 0.5) is 5.69 Å². The average Bonchev–Trinajstić information content (AvgIpc) is 3.59. The summed E-state index contributed by atoms with van der Waals surface area (Å²) in [6.07, 6.45) is 0. The molecule has 0 saturated heterocycles. The van der Waals surface area contributed by atoms with E-state index in [9.17, 15) is 9.59 Å². The van der Waals surface area contributed by atoms with Crippen molar-refractivity contribution in [1.82, 2.24) is 14.8 Å². The summed E-state index contributed by atoms with van der Waals surface area (Å²) in [4.78, 5) is 33.7. The first kappa shape index (κ1) is 24.4. The van der Waals surface area contributed by atoms with E-state index in [-0.39, 0.29) is 11.5 Å². The number of fused-ring (bicyclic) bond motifs is 2. The quantitative estimate of drug-likeness (QED) is 0.226. The minimum atomic E-state index is -0.572. The lowest BCUT2D eigenvalue weighted by Crippen LogP contribution is -2.28. The number of hydrogen-bond donors (Lipinski definition) is 2. The minimum Gasteiger partial charge on any atom is -0.353 e. The number of hydrogen-bond acceptors (Lipinski definition) is 2. The van der Waals surface area contributed by atoms with Crippen LogP contribution in [-0.2, 0) is 11.3 Å². The van der Waals surface area contributed by atoms with Crippen molar-refractivity contribution in [2.45, 2.75) is 19.4 Å². The number of aromatic nitrogens is 3. The molecule has 0 aliphatic carbocycles. The molecule has 0 fully saturated rings. The van der Waals surface area contributed by atoms with Crippen molar-refractivity contribution in [3.63, 3.8) is 0 Å². The lowest BCUT2D eigenvalue weighted by Gasteiger charge is -2.18. The summed E-state index contributed by atoms with van der Waals surface area (Å²) in [6, 6.07) is 33.4. The Labute approximate surface area is 239 Å². The van der Waals surface area contributed by atoms with Gasteiger partial charge >= 0.3 is 0 Å². The number of anilines is 1. The van der Waals surface area contributed by atoms with Crippen molar-refractivity contribution >= 4 is 38.4 Å². The molecule has 4 aromatic carbocycles. The highest BCUT2D eigenvalue weighted by molar-refractivity contribution is 9.10. The molecule has 1 amide bonds. The van der Waals surface area contributed by atoms with Gasteiger partial charge in [0.2, 0.25) is 5.91 Å². The Morgan fingerprint density at radius 3 is 2.30 bits per heavy atom. The maximum atomic E-state index is 14.4. The maximum Gasteiger partial charge on any atom is 0.280 e. The molecular formula is C33H25BrN4O2. The number of aryl methyl sites for hydroxylation is 1. The van der Waals surface area contributed by atoms with E-state index in [0.717, 1.165) is 49.1 Å². The van der Waals surface area contributed by atoms with Gasteiger partial charge in [-0.3, -0.25) is 14.7 Å². The van der Waals surface area contributed by atoms with E-state index in [4.69, 9.17) is 0 Å². The van der Waals surface area contributed by atoms with Crippen molar-refractivity contribution in [3.05, 3.63) is 140 Å². The Balaban J connectivity index is 1.46. The van der Waals surface area contributed by atoms with Crippen LogP contribution in [0.5, 0.6) is 0 Å². The third kappa shape index (κ3) is 3.77. The van der Waals surface area contributed by atoms with Gasteiger partial charge < -0.3 is 9.88 Å². The Morgan fingerprint density at radius 2 is 1.52 bits per heavy atom. The van der Waals surface area contributed by atoms with Crippen LogP contribution in [0.25, 0.3) is 27.8 Å². The molecule has 1 unspecified atom stereocenters. The van der Waals surface area contributed by atoms with Crippen LogP contribution in [0, 0.1) is 6.92 Å². The zero-order chi connectivity index (χ0) is 27.4. The minimum absolute atomic E-state index is 0.0104. The van der Waals surface area contributed by atoms with Gasteiger partial charge in [-0.2, -0.15) is 0 Å². The number of para-hydroxylation sites is 3. The summed E-state index contributed by atoms with van der Waals surface area (Å²) in [5.41, 5.74) is 7.02. The number of carbonyl (C=O) groups excluding carboxylic acids is 1. The number of carbonyl (C=O) groups is 1. The molecule has 6 nitrogen and oxygen atoms in total. The third-order valence-corrected chi connectivity index (χ3v) is 8.34. The number of rotatable bonds is 5. The molecule has 0 bridgehead atoms. The van der Waals surface area contributed by atoms with Crippen molar-refractivity contribution in [2.75, 3.05) is 4.90 Å². The second-order valence-corrected chi connectivity index (χ2v) is 10.9. The number of halogens is 1. The van der Waals surface area contributed by atoms with Gasteiger partial charge in [0.05, 0.1) is 34.9 Å². The van der Waals surface area contributed by atoms with E-state index < -0.39 is 5.92 Å². The van der Waals surface area contributed by atoms with Crippen LogP contribution in [0.15, 0.2) is 112 Å². The molecule has 7 heteroatoms. The van der Waals surface area contributed by atoms with Crippen LogP contribution >= 0.6 is 15.9 Å². The van der Waals surface area contributed by atoms with Crippen molar-refractivity contribution in [2.24, 2.45) is 0 Å². The lowest BCUT2D eigenvalue weighted by molar-refractivity contribution is -0.118. The SMILES string of the molecule is Cc1[nH]n(-c2ccccc2)c(=O)c1-c1[nH]c2c(Br)cccc2c1C1C(=O)N(Cc2ccccc2)c2ccccc21. The molecule has 40 heavy (non-hydrogen) atoms. The highest BCUT2D eigenvalue weighted by atomic mass is 79.9. The molecule has 1 aliphatic rings.